The van der Waals surface area contributed by atoms with Crippen molar-refractivity contribution in [2.24, 2.45) is 0 Å². The van der Waals surface area contributed by atoms with Crippen LogP contribution in [0.15, 0.2) is 381 Å². The average Bonchev–Trinajstić information content (AvgIpc) is 1.57. The van der Waals surface area contributed by atoms with Gasteiger partial charge >= 0.3 is 21.2 Å². The van der Waals surface area contributed by atoms with Crippen LogP contribution < -0.4 is 44.8 Å². The minimum absolute atomic E-state index is 0.0107. The van der Waals surface area contributed by atoms with Crippen molar-refractivity contribution in [2.75, 3.05) is 14.4 Å². The van der Waals surface area contributed by atoms with Crippen LogP contribution in [0.5, 0.6) is 17.2 Å². The van der Waals surface area contributed by atoms with E-state index >= 15 is 0 Å². The molecule has 2 aromatic heterocycles. The molecule has 542 valence electrons. The molecule has 6 aliphatic heterocycles. The Labute approximate surface area is 677 Å². The topological polar surface area (TPSA) is 50.6 Å². The van der Waals surface area contributed by atoms with Gasteiger partial charge in [0.1, 0.15) is 28.4 Å². The molecular formula is C105H68B3N3O4S. The monoisotopic (exact) mass is 1500 g/mol. The Morgan fingerprint density at radius 2 is 0.621 bits per heavy atom. The number of anilines is 6. The highest BCUT2D eigenvalue weighted by molar-refractivity contribution is 7.26. The Balaban J connectivity index is 0.000000100. The van der Waals surface area contributed by atoms with Gasteiger partial charge in [0, 0.05) is 75.7 Å². The molecule has 17 aromatic carbocycles. The molecular weight excluding hydrogens is 1430 g/mol. The summed E-state index contributed by atoms with van der Waals surface area (Å²) in [7, 11) is -0.476. The van der Waals surface area contributed by atoms with Crippen LogP contribution in [0, 0.1) is 0 Å². The second-order valence-electron chi connectivity index (χ2n) is 31.5. The van der Waals surface area contributed by atoms with E-state index in [9.17, 15) is 0 Å². The molecule has 19 aromatic rings. The van der Waals surface area contributed by atoms with Crippen LogP contribution in [-0.4, -0.2) is 21.2 Å². The summed E-state index contributed by atoms with van der Waals surface area (Å²) < 4.78 is 29.0. The molecule has 0 fully saturated rings. The average molecular weight is 1500 g/mol. The molecule has 7 aliphatic rings. The molecule has 0 radical (unpaired) electrons. The maximum Gasteiger partial charge on any atom is 0.524 e. The number of para-hydroxylation sites is 5. The molecule has 1 aliphatic carbocycles. The second kappa shape index (κ2) is 25.9. The summed E-state index contributed by atoms with van der Waals surface area (Å²) in [4.78, 5) is 7.02. The Bertz CT molecular complexity index is 7040. The number of hydrogen-bond acceptors (Lipinski definition) is 8. The summed E-state index contributed by atoms with van der Waals surface area (Å²) in [6.07, 6.45) is 0. The van der Waals surface area contributed by atoms with Gasteiger partial charge in [0.15, 0.2) is 0 Å². The van der Waals surface area contributed by atoms with Crippen molar-refractivity contribution in [1.29, 1.82) is 0 Å². The van der Waals surface area contributed by atoms with E-state index in [4.69, 9.17) is 18.4 Å². The third-order valence-electron chi connectivity index (χ3n) is 24.9. The first-order chi connectivity index (χ1) is 57.3. The number of benzene rings is 17. The fourth-order valence-corrected chi connectivity index (χ4v) is 20.6. The van der Waals surface area contributed by atoms with Crippen LogP contribution in [0.25, 0.3) is 142 Å². The van der Waals surface area contributed by atoms with Crippen molar-refractivity contribution >= 4 is 125 Å². The lowest BCUT2D eigenvalue weighted by molar-refractivity contribution is 0.603. The summed E-state index contributed by atoms with van der Waals surface area (Å²) in [5.41, 5.74) is 37.1. The highest BCUT2D eigenvalue weighted by Crippen LogP contribution is 2.55. The summed E-state index contributed by atoms with van der Waals surface area (Å²) in [5, 5.41) is 4.94. The summed E-state index contributed by atoms with van der Waals surface area (Å²) in [6, 6.07) is 135. The van der Waals surface area contributed by atoms with Crippen LogP contribution in [-0.2, 0) is 5.41 Å². The van der Waals surface area contributed by atoms with Crippen LogP contribution in [0.3, 0.4) is 0 Å². The highest BCUT2D eigenvalue weighted by atomic mass is 32.1. The fourth-order valence-electron chi connectivity index (χ4n) is 19.4. The van der Waals surface area contributed by atoms with E-state index in [1.165, 1.54) is 137 Å². The number of fused-ring (bicyclic) bond motifs is 33. The van der Waals surface area contributed by atoms with Crippen LogP contribution in [0.4, 0.5) is 34.1 Å². The quantitative estimate of drug-likeness (QED) is 0.159. The normalized spacial score (nSPS) is 13.8. The van der Waals surface area contributed by atoms with Crippen LogP contribution >= 0.6 is 11.3 Å². The van der Waals surface area contributed by atoms with Gasteiger partial charge in [0.25, 0.3) is 0 Å². The van der Waals surface area contributed by atoms with Crippen LogP contribution in [0.1, 0.15) is 25.0 Å². The van der Waals surface area contributed by atoms with E-state index < -0.39 is 0 Å². The smallest absolute Gasteiger partial charge is 0.524 e. The molecule has 0 N–H and O–H groups in total. The van der Waals surface area contributed by atoms with Crippen LogP contribution in [0.2, 0.25) is 0 Å². The zero-order chi connectivity index (χ0) is 76.4. The standard InChI is InChI=1S/C36H22BNO2.C36H22BNOS.C33H24BNO/c1-4-16-31-27(11-1)28-12-2-5-17-32(28)38-33-20-19-24(22-35(33)40-37(31)38)23-9-7-10-25(21-23)26-14-8-15-30-29-13-3-6-18-34(29)39-36(26)30;1-4-16-31-27(11-1)28-12-2-5-17-32(28)38-33-20-19-24(22-34(33)39-37(31)38)23-9-7-10-25(21-23)26-14-8-15-30-29-13-3-6-18-35(29)40-36(26)30;1-33(2)27-12-6-3-9-23(27)24-17-15-21(19-28(24)33)22-16-18-31-32(20-22)36-34-29-13-7-4-10-25(29)26-11-5-8-14-30(26)35(31)34/h2*1-22H;3-20H,1-2H3. The minimum Gasteiger partial charge on any atom is -0.536 e. The molecule has 11 heteroatoms. The lowest BCUT2D eigenvalue weighted by Gasteiger charge is -2.31. The number of hydrogen-bond donors (Lipinski definition) is 0. The SMILES string of the molecule is CC1(C)c2ccccc2-c2ccc(-c3ccc4c(c3)OB3c5ccccc5-c5ccccc5N34)cc21.c1cc(-c2ccc3c(c2)OB2c4ccccc4-c4ccccc4N23)cc(-c2cccc3c2oc2ccccc23)c1.c1cc(-c2ccc3c(c2)OB2c4ccccc4-c4ccccc4N23)cc(-c2cccc3c2sc2ccccc23)c1. The van der Waals surface area contributed by atoms with Gasteiger partial charge in [0.05, 0.1) is 17.1 Å². The minimum atomic E-state index is -0.173. The molecule has 0 unspecified atom stereocenters. The lowest BCUT2D eigenvalue weighted by atomic mass is 9.65. The van der Waals surface area contributed by atoms with E-state index in [-0.39, 0.29) is 26.6 Å². The van der Waals surface area contributed by atoms with Crippen molar-refractivity contribution in [3.05, 3.63) is 387 Å². The maximum absolute atomic E-state index is 6.69. The van der Waals surface area contributed by atoms with E-state index in [2.05, 4.69) is 392 Å². The molecule has 0 saturated carbocycles. The maximum atomic E-state index is 6.69. The third kappa shape index (κ3) is 10.2. The van der Waals surface area contributed by atoms with E-state index in [1.54, 1.807) is 0 Å². The van der Waals surface area contributed by atoms with Gasteiger partial charge in [-0.1, -0.05) is 305 Å². The van der Waals surface area contributed by atoms with Gasteiger partial charge in [-0.2, -0.15) is 0 Å². The zero-order valence-corrected chi connectivity index (χ0v) is 64.2. The molecule has 116 heavy (non-hydrogen) atoms. The summed E-state index contributed by atoms with van der Waals surface area (Å²) in [6.45, 7) is 4.67. The third-order valence-corrected chi connectivity index (χ3v) is 26.1. The van der Waals surface area contributed by atoms with E-state index in [0.29, 0.717) is 0 Å². The number of thiophene rings is 1. The van der Waals surface area contributed by atoms with Crippen molar-refractivity contribution in [3.63, 3.8) is 0 Å². The predicted octanol–water partition coefficient (Wildman–Crippen LogP) is 25.7. The van der Waals surface area contributed by atoms with Crippen molar-refractivity contribution in [1.82, 2.24) is 0 Å². The van der Waals surface area contributed by atoms with Gasteiger partial charge < -0.3 is 32.8 Å². The second-order valence-corrected chi connectivity index (χ2v) is 32.6. The molecule has 0 saturated heterocycles. The van der Waals surface area contributed by atoms with Crippen molar-refractivity contribution in [2.45, 2.75) is 19.3 Å². The molecule has 8 heterocycles. The molecule has 0 atom stereocenters. The highest BCUT2D eigenvalue weighted by Gasteiger charge is 2.48. The first kappa shape index (κ1) is 66.4. The van der Waals surface area contributed by atoms with Gasteiger partial charge in [-0.15, -0.1) is 11.3 Å². The predicted molar refractivity (Wildman–Crippen MR) is 484 cm³/mol. The van der Waals surface area contributed by atoms with Crippen molar-refractivity contribution in [3.8, 4) is 117 Å². The number of rotatable bonds is 5. The largest absolute Gasteiger partial charge is 0.536 e. The van der Waals surface area contributed by atoms with Gasteiger partial charge in [-0.3, -0.25) is 0 Å². The molecule has 26 rings (SSSR count). The molecule has 0 spiro atoms. The van der Waals surface area contributed by atoms with Gasteiger partial charge in [-0.05, 0) is 190 Å². The Morgan fingerprint density at radius 3 is 1.16 bits per heavy atom. The number of nitrogens with zero attached hydrogens (tertiary/aromatic N) is 3. The Kier molecular flexibility index (Phi) is 14.8. The Morgan fingerprint density at radius 1 is 0.250 bits per heavy atom. The zero-order valence-electron chi connectivity index (χ0n) is 63.4. The first-order valence-electron chi connectivity index (χ1n) is 39.9. The first-order valence-corrected chi connectivity index (χ1v) is 40.7. The molecule has 0 bridgehead atoms. The van der Waals surface area contributed by atoms with E-state index in [1.807, 2.05) is 23.5 Å². The lowest BCUT2D eigenvalue weighted by Crippen LogP contribution is -2.50. The summed E-state index contributed by atoms with van der Waals surface area (Å²) in [5.74, 6) is 2.76. The fraction of sp³-hybridized carbons (Fsp3) is 0.0286. The molecule has 7 nitrogen and oxygen atoms in total. The van der Waals surface area contributed by atoms with E-state index in [0.717, 1.165) is 84.1 Å². The Hall–Kier alpha value is -14.2. The number of furan rings is 1. The van der Waals surface area contributed by atoms with Gasteiger partial charge in [0.2, 0.25) is 0 Å². The molecule has 0 amide bonds. The summed E-state index contributed by atoms with van der Waals surface area (Å²) >= 11 is 1.88. The van der Waals surface area contributed by atoms with Gasteiger partial charge in [-0.25, -0.2) is 0 Å². The van der Waals surface area contributed by atoms with Crippen molar-refractivity contribution < 1.29 is 18.4 Å².